The van der Waals surface area contributed by atoms with Crippen molar-refractivity contribution in [2.45, 2.75) is 38.0 Å². The van der Waals surface area contributed by atoms with Gasteiger partial charge in [-0.15, -0.1) is 6.42 Å². The summed E-state index contributed by atoms with van der Waals surface area (Å²) < 4.78 is 13.4. The van der Waals surface area contributed by atoms with Crippen LogP contribution in [0.25, 0.3) is 10.9 Å². The summed E-state index contributed by atoms with van der Waals surface area (Å²) in [7, 11) is 1.57. The quantitative estimate of drug-likeness (QED) is 0.353. The summed E-state index contributed by atoms with van der Waals surface area (Å²) in [5, 5.41) is 5.11. The molecule has 0 N–H and O–H groups in total. The van der Waals surface area contributed by atoms with E-state index >= 15 is 0 Å². The van der Waals surface area contributed by atoms with Gasteiger partial charge >= 0.3 is 0 Å². The highest BCUT2D eigenvalue weighted by Crippen LogP contribution is 2.33. The topological polar surface area (TPSA) is 65.7 Å². The number of hydrogen-bond acceptors (Lipinski definition) is 5. The average molecular weight is 494 g/mol. The number of para-hydroxylation sites is 1. The zero-order chi connectivity index (χ0) is 22.5. The Balaban J connectivity index is 1.85. The van der Waals surface area contributed by atoms with Gasteiger partial charge in [-0.2, -0.15) is 9.78 Å². The van der Waals surface area contributed by atoms with Crippen molar-refractivity contribution in [3.8, 4) is 23.8 Å². The van der Waals surface area contributed by atoms with Gasteiger partial charge in [0.1, 0.15) is 12.4 Å². The van der Waals surface area contributed by atoms with Gasteiger partial charge in [0.25, 0.3) is 5.56 Å². The molecule has 7 heteroatoms. The van der Waals surface area contributed by atoms with Gasteiger partial charge in [0.15, 0.2) is 11.5 Å². The number of nitrogens with zero attached hydrogens (tertiary/aromatic N) is 3. The molecule has 2 aromatic carbocycles. The van der Waals surface area contributed by atoms with Crippen molar-refractivity contribution in [1.82, 2.24) is 9.66 Å². The smallest absolute Gasteiger partial charge is 0.282 e. The van der Waals surface area contributed by atoms with Crippen LogP contribution >= 0.6 is 15.9 Å². The average Bonchev–Trinajstić information content (AvgIpc) is 2.83. The fourth-order valence-corrected chi connectivity index (χ4v) is 4.45. The highest BCUT2D eigenvalue weighted by Gasteiger charge is 2.22. The zero-order valence-electron chi connectivity index (χ0n) is 17.9. The van der Waals surface area contributed by atoms with Crippen LogP contribution in [0, 0.1) is 12.3 Å². The van der Waals surface area contributed by atoms with Gasteiger partial charge in [0.2, 0.25) is 0 Å². The van der Waals surface area contributed by atoms with Crippen molar-refractivity contribution in [2.24, 2.45) is 5.10 Å². The minimum Gasteiger partial charge on any atom is -0.493 e. The van der Waals surface area contributed by atoms with E-state index in [2.05, 4.69) is 27.0 Å². The number of fused-ring (bicyclic) bond motifs is 1. The molecule has 4 rings (SSSR count). The van der Waals surface area contributed by atoms with Crippen LogP contribution in [0.2, 0.25) is 0 Å². The molecule has 6 nitrogen and oxygen atoms in total. The first-order valence-electron chi connectivity index (χ1n) is 10.6. The maximum absolute atomic E-state index is 13.5. The van der Waals surface area contributed by atoms with Gasteiger partial charge in [0, 0.05) is 16.0 Å². The molecule has 1 aliphatic rings. The van der Waals surface area contributed by atoms with Crippen LogP contribution in [-0.2, 0) is 0 Å². The molecule has 1 fully saturated rings. The third kappa shape index (κ3) is 4.56. The molecule has 1 heterocycles. The van der Waals surface area contributed by atoms with Crippen molar-refractivity contribution in [3.63, 3.8) is 0 Å². The van der Waals surface area contributed by atoms with Gasteiger partial charge in [-0.3, -0.25) is 4.79 Å². The van der Waals surface area contributed by atoms with Crippen molar-refractivity contribution < 1.29 is 9.47 Å². The highest BCUT2D eigenvalue weighted by molar-refractivity contribution is 9.10. The molecule has 0 spiro atoms. The largest absolute Gasteiger partial charge is 0.493 e. The number of ether oxygens (including phenoxy) is 2. The summed E-state index contributed by atoms with van der Waals surface area (Å²) in [4.78, 5) is 18.3. The fraction of sp³-hybridized carbons (Fsp3) is 0.320. The Morgan fingerprint density at radius 2 is 2.09 bits per heavy atom. The van der Waals surface area contributed by atoms with Gasteiger partial charge < -0.3 is 9.47 Å². The van der Waals surface area contributed by atoms with Crippen LogP contribution in [0.15, 0.2) is 50.8 Å². The molecule has 1 aliphatic carbocycles. The summed E-state index contributed by atoms with van der Waals surface area (Å²) in [5.41, 5.74) is 1.15. The Hall–Kier alpha value is -3.11. The maximum Gasteiger partial charge on any atom is 0.282 e. The van der Waals surface area contributed by atoms with E-state index in [9.17, 15) is 4.79 Å². The van der Waals surface area contributed by atoms with Crippen LogP contribution in [0.5, 0.6) is 11.5 Å². The standard InChI is InChI=1S/C25H24BrN3O3/c1-3-14-32-23-18(10-7-11-22(23)31-2)16-27-29-24(17-8-5-4-6-9-17)28-21-13-12-19(26)15-20(21)25(29)30/h1,7,10-13,15-17H,4-6,8-9,14H2,2H3. The molecule has 0 unspecified atom stereocenters. The van der Waals surface area contributed by atoms with E-state index in [0.29, 0.717) is 33.8 Å². The SMILES string of the molecule is C#CCOc1c(C=Nn2c(C3CCCCC3)nc3ccc(Br)cc3c2=O)cccc1OC. The Bertz CT molecular complexity index is 1250. The highest BCUT2D eigenvalue weighted by atomic mass is 79.9. The van der Waals surface area contributed by atoms with Crippen LogP contribution < -0.4 is 15.0 Å². The van der Waals surface area contributed by atoms with Gasteiger partial charge in [-0.05, 0) is 43.2 Å². The minimum absolute atomic E-state index is 0.0973. The predicted octanol–water partition coefficient (Wildman–Crippen LogP) is 5.11. The molecule has 1 saturated carbocycles. The third-order valence-electron chi connectivity index (χ3n) is 5.65. The molecule has 0 aliphatic heterocycles. The normalized spacial score (nSPS) is 14.5. The van der Waals surface area contributed by atoms with Crippen LogP contribution in [0.1, 0.15) is 49.4 Å². The number of rotatable bonds is 6. The summed E-state index contributed by atoms with van der Waals surface area (Å²) in [5.74, 6) is 4.40. The van der Waals surface area contributed by atoms with E-state index in [4.69, 9.17) is 20.9 Å². The van der Waals surface area contributed by atoms with Crippen molar-refractivity contribution in [2.75, 3.05) is 13.7 Å². The summed E-state index contributed by atoms with van der Waals surface area (Å²) in [6, 6.07) is 11.0. The number of halogens is 1. The second kappa shape index (κ2) is 10.0. The van der Waals surface area contributed by atoms with Crippen molar-refractivity contribution in [3.05, 3.63) is 62.6 Å². The molecule has 0 atom stereocenters. The number of terminal acetylenes is 1. The van der Waals surface area contributed by atoms with E-state index in [-0.39, 0.29) is 18.1 Å². The maximum atomic E-state index is 13.5. The zero-order valence-corrected chi connectivity index (χ0v) is 19.5. The monoisotopic (exact) mass is 493 g/mol. The van der Waals surface area contributed by atoms with E-state index in [1.165, 1.54) is 11.1 Å². The van der Waals surface area contributed by atoms with E-state index in [1.54, 1.807) is 25.5 Å². The first-order chi connectivity index (χ1) is 15.6. The number of hydrogen-bond donors (Lipinski definition) is 0. The molecular weight excluding hydrogens is 470 g/mol. The Labute approximate surface area is 195 Å². The van der Waals surface area contributed by atoms with E-state index in [0.717, 1.165) is 30.2 Å². The van der Waals surface area contributed by atoms with Gasteiger partial charge in [-0.25, -0.2) is 4.98 Å². The summed E-state index contributed by atoms with van der Waals surface area (Å²) >= 11 is 3.45. The summed E-state index contributed by atoms with van der Waals surface area (Å²) in [6.45, 7) is 0.0973. The van der Waals surface area contributed by atoms with Crippen LogP contribution in [0.4, 0.5) is 0 Å². The van der Waals surface area contributed by atoms with Gasteiger partial charge in [-0.1, -0.05) is 47.2 Å². The number of aromatic nitrogens is 2. The molecule has 3 aromatic rings. The molecule has 164 valence electrons. The molecule has 1 aromatic heterocycles. The summed E-state index contributed by atoms with van der Waals surface area (Å²) in [6.07, 6.45) is 12.4. The van der Waals surface area contributed by atoms with Crippen LogP contribution in [0.3, 0.4) is 0 Å². The first kappa shape index (κ1) is 22.1. The Morgan fingerprint density at radius 3 is 2.84 bits per heavy atom. The Kier molecular flexibility index (Phi) is 6.91. The number of methoxy groups -OCH3 is 1. The first-order valence-corrected chi connectivity index (χ1v) is 11.4. The molecule has 32 heavy (non-hydrogen) atoms. The minimum atomic E-state index is -0.192. The lowest BCUT2D eigenvalue weighted by molar-refractivity contribution is 0.330. The van der Waals surface area contributed by atoms with E-state index < -0.39 is 0 Å². The van der Waals surface area contributed by atoms with Crippen molar-refractivity contribution >= 4 is 33.0 Å². The fourth-order valence-electron chi connectivity index (χ4n) is 4.09. The number of benzene rings is 2. The lowest BCUT2D eigenvalue weighted by Gasteiger charge is -2.22. The van der Waals surface area contributed by atoms with Gasteiger partial charge in [0.05, 0.1) is 24.2 Å². The molecule has 0 radical (unpaired) electrons. The molecule has 0 amide bonds. The van der Waals surface area contributed by atoms with Crippen molar-refractivity contribution in [1.29, 1.82) is 0 Å². The Morgan fingerprint density at radius 1 is 1.28 bits per heavy atom. The lowest BCUT2D eigenvalue weighted by atomic mass is 9.88. The van der Waals surface area contributed by atoms with E-state index in [1.807, 2.05) is 24.3 Å². The van der Waals surface area contributed by atoms with Crippen LogP contribution in [-0.4, -0.2) is 29.6 Å². The molecular formula is C25H24BrN3O3. The predicted molar refractivity (Wildman–Crippen MR) is 130 cm³/mol. The second-order valence-electron chi connectivity index (χ2n) is 7.70. The lowest BCUT2D eigenvalue weighted by Crippen LogP contribution is -2.25. The molecule has 0 bridgehead atoms. The third-order valence-corrected chi connectivity index (χ3v) is 6.14. The second-order valence-corrected chi connectivity index (χ2v) is 8.62. The molecule has 0 saturated heterocycles.